The number of primary amides is 1. The lowest BCUT2D eigenvalue weighted by Crippen LogP contribution is -2.57. The largest absolute Gasteiger partial charge is 0.489 e. The Labute approximate surface area is 312 Å². The van der Waals surface area contributed by atoms with Gasteiger partial charge in [-0.3, -0.25) is 19.2 Å². The molecule has 1 aliphatic heterocycles. The highest BCUT2D eigenvalue weighted by molar-refractivity contribution is 7.13. The summed E-state index contributed by atoms with van der Waals surface area (Å²) in [5.74, 6) is -3.80. The standard InChI is InChI=1S/C38H50F2N6O6S/c1-21(23-9-11-24(12-10-23)34-22(2)43-20-53-34)44-36(50)29-17-28(47)18-46(29)37(51)35(38(3,4)5)45-32(49)8-6-7-25-15-26(39)16-30(33(25)40)52-19-27(41)13-14-31(42)48/h9-12,15-16,20-21,27-29,35,47H,6-8,13-14,17-19,41H2,1-5H3,(H2,42,48)(H,44,50)(H,45,49)/t21-,27-,28+,29-,35+/m0/s1. The van der Waals surface area contributed by atoms with Gasteiger partial charge in [-0.15, -0.1) is 11.3 Å². The fraction of sp³-hybridized carbons (Fsp3) is 0.500. The molecule has 1 aliphatic rings. The van der Waals surface area contributed by atoms with Gasteiger partial charge in [-0.25, -0.2) is 13.8 Å². The number of aliphatic hydroxyl groups is 1. The Morgan fingerprint density at radius 2 is 1.81 bits per heavy atom. The molecule has 0 radical (unpaired) electrons. The van der Waals surface area contributed by atoms with Crippen LogP contribution in [0.25, 0.3) is 10.4 Å². The number of β-amino-alcohol motifs (C(OH)–C–C–N with tert-alkyl or cyclic N) is 1. The molecule has 15 heteroatoms. The summed E-state index contributed by atoms with van der Waals surface area (Å²) in [4.78, 5) is 58.4. The van der Waals surface area contributed by atoms with Gasteiger partial charge in [-0.05, 0) is 61.3 Å². The van der Waals surface area contributed by atoms with Gasteiger partial charge in [0.1, 0.15) is 24.5 Å². The summed E-state index contributed by atoms with van der Waals surface area (Å²) in [5, 5.41) is 16.3. The van der Waals surface area contributed by atoms with Crippen LogP contribution in [-0.2, 0) is 25.6 Å². The van der Waals surface area contributed by atoms with Gasteiger partial charge in [0.25, 0.3) is 0 Å². The van der Waals surface area contributed by atoms with Crippen molar-refractivity contribution in [1.29, 1.82) is 0 Å². The maximum Gasteiger partial charge on any atom is 0.246 e. The molecule has 1 aromatic heterocycles. The Hall–Kier alpha value is -4.47. The predicted octanol–water partition coefficient (Wildman–Crippen LogP) is 4.06. The first-order valence-electron chi connectivity index (χ1n) is 17.7. The topological polar surface area (TPSA) is 190 Å². The van der Waals surface area contributed by atoms with Crippen LogP contribution in [0.5, 0.6) is 5.75 Å². The van der Waals surface area contributed by atoms with E-state index < -0.39 is 64.9 Å². The molecule has 2 heterocycles. The summed E-state index contributed by atoms with van der Waals surface area (Å²) < 4.78 is 34.9. The zero-order chi connectivity index (χ0) is 39.0. The molecular weight excluding hydrogens is 707 g/mol. The number of carbonyl (C=O) groups excluding carboxylic acids is 4. The highest BCUT2D eigenvalue weighted by atomic mass is 32.1. The Morgan fingerprint density at radius 1 is 1.11 bits per heavy atom. The van der Waals surface area contributed by atoms with E-state index in [1.54, 1.807) is 37.6 Å². The zero-order valence-corrected chi connectivity index (χ0v) is 31.6. The van der Waals surface area contributed by atoms with Crippen molar-refractivity contribution in [2.45, 2.75) is 103 Å². The van der Waals surface area contributed by atoms with Crippen LogP contribution in [0.4, 0.5) is 8.78 Å². The van der Waals surface area contributed by atoms with Crippen molar-refractivity contribution in [2.24, 2.45) is 16.9 Å². The van der Waals surface area contributed by atoms with Crippen LogP contribution >= 0.6 is 11.3 Å². The van der Waals surface area contributed by atoms with Crippen LogP contribution in [0.2, 0.25) is 0 Å². The minimum absolute atomic E-state index is 0.00158. The Morgan fingerprint density at radius 3 is 2.43 bits per heavy atom. The van der Waals surface area contributed by atoms with E-state index in [4.69, 9.17) is 16.2 Å². The van der Waals surface area contributed by atoms with E-state index in [0.29, 0.717) is 0 Å². The molecule has 0 unspecified atom stereocenters. The van der Waals surface area contributed by atoms with Gasteiger partial charge in [0.05, 0.1) is 28.2 Å². The molecule has 2 aromatic carbocycles. The van der Waals surface area contributed by atoms with E-state index in [9.17, 15) is 28.7 Å². The summed E-state index contributed by atoms with van der Waals surface area (Å²) >= 11 is 1.55. The molecular formula is C38H50F2N6O6S. The van der Waals surface area contributed by atoms with E-state index in [1.807, 2.05) is 38.1 Å². The molecule has 4 rings (SSSR count). The molecule has 12 nitrogen and oxygen atoms in total. The minimum atomic E-state index is -1.04. The molecule has 0 spiro atoms. The first kappa shape index (κ1) is 41.3. The number of nitrogens with two attached hydrogens (primary N) is 2. The van der Waals surface area contributed by atoms with Crippen LogP contribution in [0, 0.1) is 24.0 Å². The van der Waals surface area contributed by atoms with Crippen molar-refractivity contribution < 1.29 is 37.8 Å². The Bertz CT molecular complexity index is 1760. The third-order valence-corrected chi connectivity index (χ3v) is 10.2. The summed E-state index contributed by atoms with van der Waals surface area (Å²) in [6, 6.07) is 6.73. The number of hydrogen-bond acceptors (Lipinski definition) is 9. The number of rotatable bonds is 16. The van der Waals surface area contributed by atoms with Crippen molar-refractivity contribution in [1.82, 2.24) is 20.5 Å². The minimum Gasteiger partial charge on any atom is -0.489 e. The number of hydrogen-bond donors (Lipinski definition) is 5. The van der Waals surface area contributed by atoms with Gasteiger partial charge in [-0.1, -0.05) is 45.0 Å². The molecule has 0 bridgehead atoms. The number of nitrogens with one attached hydrogen (secondary N) is 2. The van der Waals surface area contributed by atoms with Crippen LogP contribution in [0.1, 0.15) is 82.7 Å². The second-order valence-electron chi connectivity index (χ2n) is 14.7. The van der Waals surface area contributed by atoms with E-state index >= 15 is 4.39 Å². The predicted molar refractivity (Wildman–Crippen MR) is 198 cm³/mol. The first-order valence-corrected chi connectivity index (χ1v) is 18.6. The normalized spacial score (nSPS) is 17.6. The van der Waals surface area contributed by atoms with Gasteiger partial charge in [0.2, 0.25) is 23.6 Å². The monoisotopic (exact) mass is 756 g/mol. The second-order valence-corrected chi connectivity index (χ2v) is 15.5. The number of carbonyl (C=O) groups is 4. The highest BCUT2D eigenvalue weighted by Crippen LogP contribution is 2.30. The molecule has 5 atom stereocenters. The van der Waals surface area contributed by atoms with Crippen molar-refractivity contribution in [3.8, 4) is 16.2 Å². The van der Waals surface area contributed by atoms with Gasteiger partial charge in [0, 0.05) is 37.9 Å². The molecule has 4 amide bonds. The quantitative estimate of drug-likeness (QED) is 0.145. The Balaban J connectivity index is 1.35. The van der Waals surface area contributed by atoms with Gasteiger partial charge < -0.3 is 36.8 Å². The number of ether oxygens (including phenoxy) is 1. The van der Waals surface area contributed by atoms with E-state index in [1.165, 1.54) is 4.90 Å². The number of thiazole rings is 1. The van der Waals surface area contributed by atoms with Crippen LogP contribution in [-0.4, -0.2) is 76.0 Å². The fourth-order valence-corrected chi connectivity index (χ4v) is 7.01. The molecule has 1 fully saturated rings. The number of aryl methyl sites for hydroxylation is 2. The number of nitrogens with zero attached hydrogens (tertiary/aromatic N) is 2. The average Bonchev–Trinajstić information content (AvgIpc) is 3.71. The maximum absolute atomic E-state index is 15.2. The summed E-state index contributed by atoms with van der Waals surface area (Å²) in [6.07, 6.45) is -0.596. The van der Waals surface area contributed by atoms with Crippen molar-refractivity contribution in [2.75, 3.05) is 13.2 Å². The summed E-state index contributed by atoms with van der Waals surface area (Å²) in [7, 11) is 0. The van der Waals surface area contributed by atoms with Crippen molar-refractivity contribution in [3.63, 3.8) is 0 Å². The summed E-state index contributed by atoms with van der Waals surface area (Å²) in [5.41, 5.74) is 14.9. The van der Waals surface area contributed by atoms with E-state index in [2.05, 4.69) is 15.6 Å². The second kappa shape index (κ2) is 18.0. The number of likely N-dealkylation sites (tertiary alicyclic amines) is 1. The number of aliphatic hydroxyl groups excluding tert-OH is 1. The smallest absolute Gasteiger partial charge is 0.246 e. The van der Waals surface area contributed by atoms with Gasteiger partial charge >= 0.3 is 0 Å². The molecule has 288 valence electrons. The van der Waals surface area contributed by atoms with Crippen molar-refractivity contribution >= 4 is 35.0 Å². The fourth-order valence-electron chi connectivity index (χ4n) is 6.20. The van der Waals surface area contributed by atoms with Gasteiger partial charge in [0.15, 0.2) is 11.6 Å². The number of amides is 4. The van der Waals surface area contributed by atoms with E-state index in [0.717, 1.165) is 33.8 Å². The lowest BCUT2D eigenvalue weighted by Gasteiger charge is -2.35. The molecule has 0 aliphatic carbocycles. The molecule has 1 saturated heterocycles. The first-order chi connectivity index (χ1) is 24.9. The van der Waals surface area contributed by atoms with E-state index in [-0.39, 0.29) is 69.0 Å². The van der Waals surface area contributed by atoms with Gasteiger partial charge in [-0.2, -0.15) is 0 Å². The number of benzene rings is 2. The lowest BCUT2D eigenvalue weighted by atomic mass is 9.85. The Kier molecular flexibility index (Phi) is 14.1. The van der Waals surface area contributed by atoms with Crippen LogP contribution in [0.3, 0.4) is 0 Å². The third kappa shape index (κ3) is 11.3. The molecule has 0 saturated carbocycles. The number of aromatic nitrogens is 1. The zero-order valence-electron chi connectivity index (χ0n) is 30.8. The SMILES string of the molecule is Cc1ncsc1-c1ccc([C@H](C)NC(=O)[C@@H]2C[C@@H](O)CN2C(=O)[C@@H](NC(=O)CCCc2cc(F)cc(OC[C@@H](N)CCC(N)=O)c2F)C(C)(C)C)cc1. The summed E-state index contributed by atoms with van der Waals surface area (Å²) in [6.45, 7) is 8.89. The lowest BCUT2D eigenvalue weighted by molar-refractivity contribution is -0.144. The molecule has 53 heavy (non-hydrogen) atoms. The van der Waals surface area contributed by atoms with Crippen LogP contribution < -0.4 is 26.8 Å². The van der Waals surface area contributed by atoms with Crippen molar-refractivity contribution in [3.05, 3.63) is 70.4 Å². The molecule has 3 aromatic rings. The van der Waals surface area contributed by atoms with Crippen LogP contribution in [0.15, 0.2) is 41.9 Å². The maximum atomic E-state index is 15.2. The number of halogens is 2. The highest BCUT2D eigenvalue weighted by Gasteiger charge is 2.44. The average molecular weight is 757 g/mol. The third-order valence-electron chi connectivity index (χ3n) is 9.20. The molecule has 7 N–H and O–H groups in total.